The van der Waals surface area contributed by atoms with Gasteiger partial charge in [0, 0.05) is 4.88 Å². The number of amides is 1. The lowest BCUT2D eigenvalue weighted by molar-refractivity contribution is -0.123. The Hall–Kier alpha value is -2.61. The van der Waals surface area contributed by atoms with Crippen molar-refractivity contribution in [2.45, 2.75) is 53.1 Å². The number of carbonyl (C=O) groups is 3. The van der Waals surface area contributed by atoms with Crippen LogP contribution in [0.4, 0.5) is 5.00 Å². The fourth-order valence-electron chi connectivity index (χ4n) is 3.29. The van der Waals surface area contributed by atoms with Crippen LogP contribution in [0.5, 0.6) is 0 Å². The highest BCUT2D eigenvalue weighted by Crippen LogP contribution is 2.40. The highest BCUT2D eigenvalue weighted by molar-refractivity contribution is 7.17. The second-order valence-electron chi connectivity index (χ2n) is 7.22. The minimum atomic E-state index is -1.05. The van der Waals surface area contributed by atoms with E-state index in [0.717, 1.165) is 29.7 Å². The number of anilines is 1. The Bertz CT molecular complexity index is 928. The van der Waals surface area contributed by atoms with Gasteiger partial charge in [0.05, 0.1) is 12.2 Å². The van der Waals surface area contributed by atoms with Crippen molar-refractivity contribution < 1.29 is 28.3 Å². The summed E-state index contributed by atoms with van der Waals surface area (Å²) in [6.07, 6.45) is 1.57. The standard InChI is InChI=1S/C21H25NO6S/c1-5-26-21(25)17-14-8-6-11(2)10-16(14)29-19(17)22-18(23)13(4)28-20(24)15-9-7-12(3)27-15/h7,9,11,13H,5-6,8,10H2,1-4H3,(H,22,23). The van der Waals surface area contributed by atoms with E-state index in [1.165, 1.54) is 24.3 Å². The molecule has 7 nitrogen and oxygen atoms in total. The van der Waals surface area contributed by atoms with Gasteiger partial charge < -0.3 is 19.2 Å². The van der Waals surface area contributed by atoms with E-state index in [9.17, 15) is 14.4 Å². The molecule has 2 unspecified atom stereocenters. The molecule has 0 aromatic carbocycles. The van der Waals surface area contributed by atoms with Gasteiger partial charge in [-0.25, -0.2) is 9.59 Å². The normalized spacial score (nSPS) is 16.6. The molecular weight excluding hydrogens is 394 g/mol. The third-order valence-electron chi connectivity index (χ3n) is 4.82. The molecule has 0 fully saturated rings. The number of esters is 2. The van der Waals surface area contributed by atoms with E-state index in [0.29, 0.717) is 22.2 Å². The van der Waals surface area contributed by atoms with Crippen molar-refractivity contribution in [3.8, 4) is 0 Å². The van der Waals surface area contributed by atoms with Crippen molar-refractivity contribution in [2.75, 3.05) is 11.9 Å². The lowest BCUT2D eigenvalue weighted by Gasteiger charge is -2.18. The van der Waals surface area contributed by atoms with Crippen LogP contribution in [0.15, 0.2) is 16.5 Å². The fourth-order valence-corrected chi connectivity index (χ4v) is 4.69. The van der Waals surface area contributed by atoms with Crippen molar-refractivity contribution in [3.05, 3.63) is 39.7 Å². The van der Waals surface area contributed by atoms with E-state index in [2.05, 4.69) is 12.2 Å². The van der Waals surface area contributed by atoms with E-state index >= 15 is 0 Å². The molecule has 1 N–H and O–H groups in total. The molecule has 1 aliphatic rings. The molecule has 0 saturated carbocycles. The number of rotatable bonds is 6. The van der Waals surface area contributed by atoms with E-state index < -0.39 is 23.9 Å². The lowest BCUT2D eigenvalue weighted by Crippen LogP contribution is -2.30. The zero-order valence-corrected chi connectivity index (χ0v) is 17.8. The SMILES string of the molecule is CCOC(=O)c1c(NC(=O)C(C)OC(=O)c2ccc(C)o2)sc2c1CCC(C)C2. The first kappa shape index (κ1) is 21.1. The molecule has 1 aliphatic carbocycles. The predicted molar refractivity (Wildman–Crippen MR) is 108 cm³/mol. The summed E-state index contributed by atoms with van der Waals surface area (Å²) in [5, 5.41) is 3.20. The number of thiophene rings is 1. The number of hydrogen-bond donors (Lipinski definition) is 1. The van der Waals surface area contributed by atoms with Crippen LogP contribution >= 0.6 is 11.3 Å². The molecule has 8 heteroatoms. The molecule has 3 rings (SSSR count). The maximum absolute atomic E-state index is 12.6. The molecule has 1 amide bonds. The van der Waals surface area contributed by atoms with Gasteiger partial charge in [-0.1, -0.05) is 6.92 Å². The van der Waals surface area contributed by atoms with Crippen LogP contribution in [0.2, 0.25) is 0 Å². The zero-order chi connectivity index (χ0) is 21.1. The molecule has 2 aromatic rings. The molecule has 29 heavy (non-hydrogen) atoms. The summed E-state index contributed by atoms with van der Waals surface area (Å²) in [6, 6.07) is 3.14. The maximum Gasteiger partial charge on any atom is 0.375 e. The first-order chi connectivity index (χ1) is 13.8. The summed E-state index contributed by atoms with van der Waals surface area (Å²) < 4.78 is 15.6. The van der Waals surface area contributed by atoms with Crippen LogP contribution in [-0.4, -0.2) is 30.6 Å². The van der Waals surface area contributed by atoms with Gasteiger partial charge in [-0.3, -0.25) is 4.79 Å². The van der Waals surface area contributed by atoms with Crippen molar-refractivity contribution in [3.63, 3.8) is 0 Å². The minimum Gasteiger partial charge on any atom is -0.462 e. The van der Waals surface area contributed by atoms with Gasteiger partial charge in [-0.05, 0) is 63.6 Å². The van der Waals surface area contributed by atoms with Gasteiger partial charge in [-0.15, -0.1) is 11.3 Å². The Morgan fingerprint density at radius 1 is 1.31 bits per heavy atom. The van der Waals surface area contributed by atoms with E-state index in [1.54, 1.807) is 19.9 Å². The quantitative estimate of drug-likeness (QED) is 0.707. The van der Waals surface area contributed by atoms with Gasteiger partial charge >= 0.3 is 11.9 Å². The van der Waals surface area contributed by atoms with Gasteiger partial charge in [-0.2, -0.15) is 0 Å². The number of aryl methyl sites for hydroxylation is 1. The number of fused-ring (bicyclic) bond motifs is 1. The van der Waals surface area contributed by atoms with Crippen LogP contribution < -0.4 is 5.32 Å². The van der Waals surface area contributed by atoms with Gasteiger partial charge in [0.15, 0.2) is 6.10 Å². The van der Waals surface area contributed by atoms with Crippen LogP contribution in [0.1, 0.15) is 64.3 Å². The topological polar surface area (TPSA) is 94.8 Å². The highest BCUT2D eigenvalue weighted by Gasteiger charge is 2.30. The summed E-state index contributed by atoms with van der Waals surface area (Å²) in [5.74, 6) is -0.534. The van der Waals surface area contributed by atoms with Crippen molar-refractivity contribution in [1.29, 1.82) is 0 Å². The molecule has 0 bridgehead atoms. The molecule has 0 saturated heterocycles. The minimum absolute atomic E-state index is 0.0370. The van der Waals surface area contributed by atoms with Crippen LogP contribution in [0.25, 0.3) is 0 Å². The van der Waals surface area contributed by atoms with Crippen molar-refractivity contribution in [1.82, 2.24) is 0 Å². The molecule has 2 heterocycles. The van der Waals surface area contributed by atoms with E-state index in [1.807, 2.05) is 0 Å². The zero-order valence-electron chi connectivity index (χ0n) is 17.0. The average molecular weight is 419 g/mol. The second-order valence-corrected chi connectivity index (χ2v) is 8.33. The lowest BCUT2D eigenvalue weighted by atomic mass is 9.88. The third kappa shape index (κ3) is 4.70. The molecule has 0 radical (unpaired) electrons. The predicted octanol–water partition coefficient (Wildman–Crippen LogP) is 4.14. The molecule has 156 valence electrons. The first-order valence-corrected chi connectivity index (χ1v) is 10.5. The molecule has 0 spiro atoms. The Labute approximate surface area is 173 Å². The molecule has 2 aromatic heterocycles. The fraction of sp³-hybridized carbons (Fsp3) is 0.476. The van der Waals surface area contributed by atoms with Crippen molar-refractivity contribution >= 4 is 34.2 Å². The summed E-state index contributed by atoms with van der Waals surface area (Å²) in [7, 11) is 0. The van der Waals surface area contributed by atoms with Crippen LogP contribution in [-0.2, 0) is 27.1 Å². The largest absolute Gasteiger partial charge is 0.462 e. The Kier molecular flexibility index (Phi) is 6.42. The van der Waals surface area contributed by atoms with Gasteiger partial charge in [0.2, 0.25) is 5.76 Å². The Morgan fingerprint density at radius 2 is 2.07 bits per heavy atom. The van der Waals surface area contributed by atoms with Gasteiger partial charge in [0.1, 0.15) is 10.8 Å². The van der Waals surface area contributed by atoms with Crippen LogP contribution in [0.3, 0.4) is 0 Å². The maximum atomic E-state index is 12.6. The van der Waals surface area contributed by atoms with E-state index in [4.69, 9.17) is 13.9 Å². The summed E-state index contributed by atoms with van der Waals surface area (Å²) >= 11 is 1.39. The number of ether oxygens (including phenoxy) is 2. The van der Waals surface area contributed by atoms with Crippen LogP contribution in [0, 0.1) is 12.8 Å². The Balaban J connectivity index is 1.76. The number of carbonyl (C=O) groups excluding carboxylic acids is 3. The third-order valence-corrected chi connectivity index (χ3v) is 5.99. The number of nitrogens with one attached hydrogen (secondary N) is 1. The molecule has 0 aliphatic heterocycles. The molecular formula is C21H25NO6S. The Morgan fingerprint density at radius 3 is 2.72 bits per heavy atom. The highest BCUT2D eigenvalue weighted by atomic mass is 32.1. The first-order valence-electron chi connectivity index (χ1n) is 9.70. The number of hydrogen-bond acceptors (Lipinski definition) is 7. The van der Waals surface area contributed by atoms with E-state index in [-0.39, 0.29) is 12.4 Å². The average Bonchev–Trinajstić information content (AvgIpc) is 3.24. The summed E-state index contributed by atoms with van der Waals surface area (Å²) in [6.45, 7) is 7.35. The molecule has 2 atom stereocenters. The van der Waals surface area contributed by atoms with Crippen molar-refractivity contribution in [2.24, 2.45) is 5.92 Å². The smallest absolute Gasteiger partial charge is 0.375 e. The second kappa shape index (κ2) is 8.82. The number of furan rings is 1. The monoisotopic (exact) mass is 419 g/mol. The summed E-state index contributed by atoms with van der Waals surface area (Å²) in [4.78, 5) is 38.4. The van der Waals surface area contributed by atoms with Gasteiger partial charge in [0.25, 0.3) is 5.91 Å². The summed E-state index contributed by atoms with van der Waals surface area (Å²) in [5.41, 5.74) is 1.38.